The van der Waals surface area contributed by atoms with Gasteiger partial charge < -0.3 is 9.85 Å². The van der Waals surface area contributed by atoms with Gasteiger partial charge in [-0.05, 0) is 12.8 Å². The lowest BCUT2D eigenvalue weighted by Gasteiger charge is -2.33. The molecule has 0 aliphatic rings. The Morgan fingerprint density at radius 3 is 1.38 bits per heavy atom. The van der Waals surface area contributed by atoms with Crippen molar-refractivity contribution in [1.82, 2.24) is 0 Å². The van der Waals surface area contributed by atoms with Gasteiger partial charge >= 0.3 is 10.4 Å². The van der Waals surface area contributed by atoms with Crippen LogP contribution in [0.4, 0.5) is 0 Å². The first-order valence-corrected chi connectivity index (χ1v) is 9.20. The van der Waals surface area contributed by atoms with Crippen LogP contribution in [0.5, 0.6) is 0 Å². The maximum absolute atomic E-state index is 11.3. The molecule has 0 saturated heterocycles. The molecule has 2 N–H and O–H groups in total. The number of rotatable bonds is 11. The minimum absolute atomic E-state index is 0.128. The molecule has 0 radical (unpaired) electrons. The molecule has 0 heterocycles. The van der Waals surface area contributed by atoms with Crippen LogP contribution in [0.3, 0.4) is 0 Å². The molecule has 0 aliphatic heterocycles. The van der Waals surface area contributed by atoms with E-state index >= 15 is 0 Å². The summed E-state index contributed by atoms with van der Waals surface area (Å²) in [5, 5.41) is 11.3. The van der Waals surface area contributed by atoms with Crippen LogP contribution in [0.25, 0.3) is 0 Å². The predicted octanol–water partition coefficient (Wildman–Crippen LogP) is 3.83. The second kappa shape index (κ2) is 13.5. The molecular formula is C14H33NO5S. The van der Waals surface area contributed by atoms with Crippen LogP contribution in [0, 0.1) is 5.21 Å². The van der Waals surface area contributed by atoms with Crippen molar-refractivity contribution in [3.63, 3.8) is 0 Å². The van der Waals surface area contributed by atoms with E-state index in [4.69, 9.17) is 17.5 Å². The third-order valence-electron chi connectivity index (χ3n) is 3.05. The van der Waals surface area contributed by atoms with E-state index in [2.05, 4.69) is 6.92 Å². The van der Waals surface area contributed by atoms with Gasteiger partial charge in [0, 0.05) is 0 Å². The van der Waals surface area contributed by atoms with Crippen molar-refractivity contribution >= 4 is 10.4 Å². The molecule has 6 nitrogen and oxygen atoms in total. The van der Waals surface area contributed by atoms with Crippen LogP contribution in [-0.4, -0.2) is 42.8 Å². The van der Waals surface area contributed by atoms with Gasteiger partial charge in [-0.15, -0.1) is 0 Å². The van der Waals surface area contributed by atoms with Gasteiger partial charge in [-0.2, -0.15) is 8.42 Å². The molecule has 0 fully saturated rings. The summed E-state index contributed by atoms with van der Waals surface area (Å²) in [4.78, 5) is 0. The highest BCUT2D eigenvalue weighted by Crippen LogP contribution is 2.11. The summed E-state index contributed by atoms with van der Waals surface area (Å²) < 4.78 is 31.5. The summed E-state index contributed by atoms with van der Waals surface area (Å²) >= 11 is 0. The van der Waals surface area contributed by atoms with Crippen LogP contribution in [0.15, 0.2) is 0 Å². The van der Waals surface area contributed by atoms with Crippen molar-refractivity contribution in [3.8, 4) is 0 Å². The summed E-state index contributed by atoms with van der Waals surface area (Å²) in [5.74, 6) is 0. The van der Waals surface area contributed by atoms with Crippen LogP contribution >= 0.6 is 0 Å². The normalized spacial score (nSPS) is 11.9. The van der Waals surface area contributed by atoms with E-state index in [0.29, 0.717) is 0 Å². The zero-order valence-electron chi connectivity index (χ0n) is 13.8. The van der Waals surface area contributed by atoms with Crippen LogP contribution in [0.2, 0.25) is 0 Å². The summed E-state index contributed by atoms with van der Waals surface area (Å²) in [6.45, 7) is 3.03. The maximum Gasteiger partial charge on any atom is 0.394 e. The van der Waals surface area contributed by atoms with Crippen molar-refractivity contribution in [2.45, 2.75) is 71.1 Å². The quantitative estimate of drug-likeness (QED) is 0.260. The van der Waals surface area contributed by atoms with Gasteiger partial charge in [0.05, 0.1) is 20.6 Å². The summed E-state index contributed by atoms with van der Waals surface area (Å²) in [5.41, 5.74) is 0. The monoisotopic (exact) mass is 327 g/mol. The van der Waals surface area contributed by atoms with Gasteiger partial charge in [0.1, 0.15) is 0 Å². The lowest BCUT2D eigenvalue weighted by Crippen LogP contribution is -2.32. The smallest absolute Gasteiger partial charge is 0.394 e. The van der Waals surface area contributed by atoms with Gasteiger partial charge in [-0.25, -0.2) is 0 Å². The molecule has 0 aromatic heterocycles. The molecule has 0 aromatic rings. The Balaban J connectivity index is 0. The first-order valence-electron chi connectivity index (χ1n) is 7.80. The van der Waals surface area contributed by atoms with E-state index in [0.717, 1.165) is 13.0 Å². The highest BCUT2D eigenvalue weighted by atomic mass is 32.3. The van der Waals surface area contributed by atoms with Crippen LogP contribution < -0.4 is 0 Å². The third kappa shape index (κ3) is 38.3. The fraction of sp³-hybridized carbons (Fsp3) is 1.00. The molecule has 0 unspecified atom stereocenters. The van der Waals surface area contributed by atoms with Crippen molar-refractivity contribution in [3.05, 3.63) is 5.21 Å². The molecule has 0 amide bonds. The second-order valence-corrected chi connectivity index (χ2v) is 6.82. The number of unbranched alkanes of at least 4 members (excludes halogenated alkanes) is 9. The van der Waals surface area contributed by atoms with Crippen molar-refractivity contribution < 1.29 is 22.2 Å². The standard InChI is InChI=1S/C14H31NO.H2O4S/c1-4-5-6-7-8-9-10-11-12-13-14-15(2,3)16;1-5(2,3)4/h4-14H2,1-3H3;(H2,1,2,3,4). The van der Waals surface area contributed by atoms with E-state index in [1.165, 1.54) is 57.8 Å². The Bertz CT molecular complexity index is 304. The maximum atomic E-state index is 11.3. The molecule has 0 spiro atoms. The largest absolute Gasteiger partial charge is 0.633 e. The minimum Gasteiger partial charge on any atom is -0.633 e. The van der Waals surface area contributed by atoms with Crippen molar-refractivity contribution in [1.29, 1.82) is 0 Å². The van der Waals surface area contributed by atoms with Gasteiger partial charge in [0.25, 0.3) is 0 Å². The van der Waals surface area contributed by atoms with Gasteiger partial charge in [0.15, 0.2) is 0 Å². The lowest BCUT2D eigenvalue weighted by molar-refractivity contribution is -0.840. The molecular weight excluding hydrogens is 294 g/mol. The molecule has 0 aliphatic carbocycles. The zero-order valence-corrected chi connectivity index (χ0v) is 14.6. The summed E-state index contributed by atoms with van der Waals surface area (Å²) in [6, 6.07) is 0. The zero-order chi connectivity index (χ0) is 16.8. The fourth-order valence-corrected chi connectivity index (χ4v) is 1.98. The van der Waals surface area contributed by atoms with E-state index in [1.807, 2.05) is 0 Å². The highest BCUT2D eigenvalue weighted by Gasteiger charge is 2.00. The Morgan fingerprint density at radius 1 is 0.810 bits per heavy atom. The average Bonchev–Trinajstić information content (AvgIpc) is 2.28. The fourth-order valence-electron chi connectivity index (χ4n) is 1.98. The Kier molecular flexibility index (Phi) is 14.8. The molecule has 0 rings (SSSR count). The van der Waals surface area contributed by atoms with Crippen molar-refractivity contribution in [2.24, 2.45) is 0 Å². The predicted molar refractivity (Wildman–Crippen MR) is 86.4 cm³/mol. The Labute approximate surface area is 130 Å². The molecule has 7 heteroatoms. The first kappa shape index (κ1) is 23.1. The first-order chi connectivity index (χ1) is 9.56. The lowest BCUT2D eigenvalue weighted by atomic mass is 10.1. The summed E-state index contributed by atoms with van der Waals surface area (Å²) in [7, 11) is -1.21. The number of hydroxylamine groups is 3. The van der Waals surface area contributed by atoms with E-state index in [9.17, 15) is 5.21 Å². The molecule has 0 saturated carbocycles. The molecule has 21 heavy (non-hydrogen) atoms. The number of quaternary nitrogens is 1. The van der Waals surface area contributed by atoms with Gasteiger partial charge in [-0.1, -0.05) is 58.3 Å². The molecule has 0 bridgehead atoms. The Morgan fingerprint density at radius 2 is 1.10 bits per heavy atom. The van der Waals surface area contributed by atoms with E-state index in [-0.39, 0.29) is 4.65 Å². The number of nitrogens with zero attached hydrogens (tertiary/aromatic N) is 1. The highest BCUT2D eigenvalue weighted by molar-refractivity contribution is 7.79. The van der Waals surface area contributed by atoms with Crippen molar-refractivity contribution in [2.75, 3.05) is 20.6 Å². The number of hydrogen-bond acceptors (Lipinski definition) is 3. The van der Waals surface area contributed by atoms with Crippen LogP contribution in [-0.2, 0) is 10.4 Å². The van der Waals surface area contributed by atoms with E-state index in [1.54, 1.807) is 14.1 Å². The number of hydrogen-bond donors (Lipinski definition) is 2. The third-order valence-corrected chi connectivity index (χ3v) is 3.05. The van der Waals surface area contributed by atoms with Gasteiger partial charge in [0.2, 0.25) is 0 Å². The second-order valence-electron chi connectivity index (χ2n) is 5.93. The topological polar surface area (TPSA) is 97.7 Å². The average molecular weight is 327 g/mol. The molecule has 130 valence electrons. The molecule has 0 atom stereocenters. The Hall–Kier alpha value is -0.210. The SMILES string of the molecule is CCCCCCCCCCCC[N+](C)(C)[O-].O=S(=O)(O)O. The van der Waals surface area contributed by atoms with Gasteiger partial charge in [-0.3, -0.25) is 9.11 Å². The van der Waals surface area contributed by atoms with Crippen LogP contribution in [0.1, 0.15) is 71.1 Å². The summed E-state index contributed by atoms with van der Waals surface area (Å²) in [6.07, 6.45) is 13.4. The molecule has 0 aromatic carbocycles. The van der Waals surface area contributed by atoms with E-state index < -0.39 is 10.4 Å². The minimum atomic E-state index is -4.67.